The van der Waals surface area contributed by atoms with Crippen LogP contribution in [-0.2, 0) is 6.42 Å². The number of halogens is 1. The average Bonchev–Trinajstić information content (AvgIpc) is 2.71. The first kappa shape index (κ1) is 12.6. The van der Waals surface area contributed by atoms with Crippen LogP contribution in [-0.4, -0.2) is 21.1 Å². The molecule has 4 nitrogen and oxygen atoms in total. The summed E-state index contributed by atoms with van der Waals surface area (Å²) in [5.41, 5.74) is 0.807. The summed E-state index contributed by atoms with van der Waals surface area (Å²) in [6.07, 6.45) is 3.39. The maximum Gasteiger partial charge on any atom is 0.216 e. The van der Waals surface area contributed by atoms with Gasteiger partial charge in [-0.05, 0) is 36.3 Å². The van der Waals surface area contributed by atoms with Crippen LogP contribution in [0.3, 0.4) is 0 Å². The highest BCUT2D eigenvalue weighted by atomic mass is 32.1. The third-order valence-corrected chi connectivity index (χ3v) is 2.65. The number of rotatable bonds is 4. The molecule has 0 bridgehead atoms. The van der Waals surface area contributed by atoms with E-state index in [-0.39, 0.29) is 5.82 Å². The summed E-state index contributed by atoms with van der Waals surface area (Å²) in [5.74, 6) is 0.527. The first-order valence-electron chi connectivity index (χ1n) is 5.67. The fourth-order valence-corrected chi connectivity index (χ4v) is 1.70. The Bertz CT molecular complexity index is 597. The van der Waals surface area contributed by atoms with Gasteiger partial charge in [0.05, 0.1) is 6.21 Å². The minimum absolute atomic E-state index is 0.265. The van der Waals surface area contributed by atoms with Crippen molar-refractivity contribution in [1.29, 1.82) is 0 Å². The molecule has 0 aliphatic carbocycles. The molecule has 0 spiro atoms. The zero-order valence-electron chi connectivity index (χ0n) is 9.93. The Morgan fingerprint density at radius 2 is 2.17 bits per heavy atom. The predicted octanol–water partition coefficient (Wildman–Crippen LogP) is 2.91. The van der Waals surface area contributed by atoms with Crippen LogP contribution in [0.1, 0.15) is 24.7 Å². The highest BCUT2D eigenvalue weighted by molar-refractivity contribution is 7.71. The van der Waals surface area contributed by atoms with E-state index < -0.39 is 0 Å². The van der Waals surface area contributed by atoms with Crippen LogP contribution < -0.4 is 0 Å². The fraction of sp³-hybridized carbons (Fsp3) is 0.250. The normalized spacial score (nSPS) is 11.2. The van der Waals surface area contributed by atoms with Gasteiger partial charge in [0.15, 0.2) is 5.82 Å². The number of aromatic amines is 1. The van der Waals surface area contributed by atoms with Crippen LogP contribution in [0.15, 0.2) is 29.4 Å². The molecule has 0 saturated heterocycles. The van der Waals surface area contributed by atoms with Crippen LogP contribution in [0.25, 0.3) is 0 Å². The van der Waals surface area contributed by atoms with Crippen molar-refractivity contribution in [3.8, 4) is 0 Å². The topological polar surface area (TPSA) is 46.0 Å². The summed E-state index contributed by atoms with van der Waals surface area (Å²) in [6, 6.07) is 6.09. The summed E-state index contributed by atoms with van der Waals surface area (Å²) in [6.45, 7) is 2.06. The molecule has 94 valence electrons. The minimum Gasteiger partial charge on any atom is -0.250 e. The Morgan fingerprint density at radius 1 is 1.44 bits per heavy atom. The molecule has 0 saturated carbocycles. The van der Waals surface area contributed by atoms with Gasteiger partial charge in [0.1, 0.15) is 5.82 Å². The Morgan fingerprint density at radius 3 is 2.83 bits per heavy atom. The maximum atomic E-state index is 12.7. The highest BCUT2D eigenvalue weighted by Gasteiger charge is 2.02. The Labute approximate surface area is 109 Å². The summed E-state index contributed by atoms with van der Waals surface area (Å²) >= 11 is 5.09. The quantitative estimate of drug-likeness (QED) is 0.681. The summed E-state index contributed by atoms with van der Waals surface area (Å²) in [5, 5.41) is 11.1. The number of hydrogen-bond donors (Lipinski definition) is 1. The molecule has 0 atom stereocenters. The molecule has 0 fully saturated rings. The fourth-order valence-electron chi connectivity index (χ4n) is 1.50. The van der Waals surface area contributed by atoms with E-state index in [1.54, 1.807) is 23.0 Å². The smallest absolute Gasteiger partial charge is 0.216 e. The van der Waals surface area contributed by atoms with Crippen molar-refractivity contribution in [2.45, 2.75) is 19.8 Å². The van der Waals surface area contributed by atoms with Crippen molar-refractivity contribution in [3.05, 3.63) is 46.2 Å². The van der Waals surface area contributed by atoms with Crippen molar-refractivity contribution >= 4 is 18.4 Å². The molecule has 1 N–H and O–H groups in total. The second kappa shape index (κ2) is 5.68. The van der Waals surface area contributed by atoms with E-state index in [4.69, 9.17) is 12.2 Å². The zero-order valence-corrected chi connectivity index (χ0v) is 10.7. The van der Waals surface area contributed by atoms with Gasteiger partial charge in [0.25, 0.3) is 0 Å². The highest BCUT2D eigenvalue weighted by Crippen LogP contribution is 2.03. The average molecular weight is 264 g/mol. The zero-order chi connectivity index (χ0) is 13.0. The number of aryl methyl sites for hydroxylation is 1. The van der Waals surface area contributed by atoms with Gasteiger partial charge >= 0.3 is 0 Å². The Hall–Kier alpha value is -1.82. The number of hydrogen-bond acceptors (Lipinski definition) is 3. The SMILES string of the molecule is CCCc1n[nH]c(=S)n1/N=C\c1ccc(F)cc1. The monoisotopic (exact) mass is 264 g/mol. The standard InChI is InChI=1S/C12H13FN4S/c1-2-3-11-15-16-12(18)17(11)14-8-9-4-6-10(13)7-5-9/h4-8H,2-3H2,1H3,(H,16,18)/b14-8-. The molecule has 18 heavy (non-hydrogen) atoms. The summed E-state index contributed by atoms with van der Waals surface area (Å²) in [4.78, 5) is 0. The van der Waals surface area contributed by atoms with Crippen LogP contribution in [0.5, 0.6) is 0 Å². The number of H-pyrrole nitrogens is 1. The van der Waals surface area contributed by atoms with E-state index in [1.165, 1.54) is 12.1 Å². The van der Waals surface area contributed by atoms with Gasteiger partial charge in [-0.15, -0.1) is 0 Å². The lowest BCUT2D eigenvalue weighted by molar-refractivity contribution is 0.628. The van der Waals surface area contributed by atoms with E-state index in [0.717, 1.165) is 24.2 Å². The van der Waals surface area contributed by atoms with Crippen LogP contribution in [0.2, 0.25) is 0 Å². The molecule has 0 aliphatic rings. The molecule has 0 unspecified atom stereocenters. The molecule has 6 heteroatoms. The summed E-state index contributed by atoms with van der Waals surface area (Å²) < 4.78 is 14.8. The molecule has 0 amide bonds. The molecule has 0 aliphatic heterocycles. The summed E-state index contributed by atoms with van der Waals surface area (Å²) in [7, 11) is 0. The van der Waals surface area contributed by atoms with Gasteiger partial charge in [-0.25, -0.2) is 4.39 Å². The van der Waals surface area contributed by atoms with Gasteiger partial charge in [0.2, 0.25) is 4.77 Å². The predicted molar refractivity (Wildman–Crippen MR) is 70.8 cm³/mol. The minimum atomic E-state index is -0.265. The second-order valence-corrected chi connectivity index (χ2v) is 4.19. The van der Waals surface area contributed by atoms with Gasteiger partial charge < -0.3 is 0 Å². The number of benzene rings is 1. The largest absolute Gasteiger partial charge is 0.250 e. The Kier molecular flexibility index (Phi) is 3.99. The molecule has 1 aromatic heterocycles. The number of aromatic nitrogens is 3. The van der Waals surface area contributed by atoms with Crippen molar-refractivity contribution in [2.75, 3.05) is 0 Å². The molecule has 0 radical (unpaired) electrons. The van der Waals surface area contributed by atoms with Gasteiger partial charge in [-0.3, -0.25) is 5.10 Å². The molecule has 2 aromatic rings. The van der Waals surface area contributed by atoms with E-state index in [1.807, 2.05) is 0 Å². The first-order chi connectivity index (χ1) is 8.70. The van der Waals surface area contributed by atoms with Crippen molar-refractivity contribution in [1.82, 2.24) is 14.9 Å². The third-order valence-electron chi connectivity index (χ3n) is 2.38. The molecular formula is C12H13FN4S. The van der Waals surface area contributed by atoms with E-state index in [2.05, 4.69) is 22.2 Å². The van der Waals surface area contributed by atoms with Crippen LogP contribution >= 0.6 is 12.2 Å². The lowest BCUT2D eigenvalue weighted by atomic mass is 10.2. The number of nitrogens with one attached hydrogen (secondary N) is 1. The molecule has 2 rings (SSSR count). The Balaban J connectivity index is 2.25. The third kappa shape index (κ3) is 2.89. The molecule has 1 heterocycles. The lowest BCUT2D eigenvalue weighted by Gasteiger charge is -1.98. The molecule has 1 aromatic carbocycles. The second-order valence-electron chi connectivity index (χ2n) is 3.80. The van der Waals surface area contributed by atoms with Gasteiger partial charge in [-0.1, -0.05) is 19.1 Å². The maximum absolute atomic E-state index is 12.7. The van der Waals surface area contributed by atoms with E-state index >= 15 is 0 Å². The number of nitrogens with zero attached hydrogens (tertiary/aromatic N) is 3. The van der Waals surface area contributed by atoms with Crippen LogP contribution in [0.4, 0.5) is 4.39 Å². The van der Waals surface area contributed by atoms with Gasteiger partial charge in [0, 0.05) is 6.42 Å². The van der Waals surface area contributed by atoms with Crippen LogP contribution in [0, 0.1) is 10.6 Å². The van der Waals surface area contributed by atoms with E-state index in [9.17, 15) is 4.39 Å². The lowest BCUT2D eigenvalue weighted by Crippen LogP contribution is -1.98. The van der Waals surface area contributed by atoms with Gasteiger partial charge in [-0.2, -0.15) is 14.9 Å². The van der Waals surface area contributed by atoms with Crippen molar-refractivity contribution < 1.29 is 4.39 Å². The van der Waals surface area contributed by atoms with E-state index in [0.29, 0.717) is 4.77 Å². The first-order valence-corrected chi connectivity index (χ1v) is 6.07. The van der Waals surface area contributed by atoms with Crippen molar-refractivity contribution in [2.24, 2.45) is 5.10 Å². The van der Waals surface area contributed by atoms with Crippen molar-refractivity contribution in [3.63, 3.8) is 0 Å². The molecular weight excluding hydrogens is 251 g/mol.